The molecule has 1 aromatic heterocycles. The first-order valence-electron chi connectivity index (χ1n) is 4.35. The summed E-state index contributed by atoms with van der Waals surface area (Å²) in [5, 5.41) is 8.42. The molecule has 17 heavy (non-hydrogen) atoms. The van der Waals surface area contributed by atoms with Gasteiger partial charge in [-0.1, -0.05) is 0 Å². The van der Waals surface area contributed by atoms with Gasteiger partial charge in [-0.2, -0.15) is 4.72 Å². The van der Waals surface area contributed by atoms with Crippen molar-refractivity contribution in [2.45, 2.75) is 17.5 Å². The summed E-state index contributed by atoms with van der Waals surface area (Å²) >= 11 is 0. The minimum Gasteiger partial charge on any atom is -0.480 e. The third-order valence-corrected chi connectivity index (χ3v) is 3.16. The predicted octanol–water partition coefficient (Wildman–Crippen LogP) is -1.98. The average molecular weight is 262 g/mol. The number of amides is 1. The summed E-state index contributed by atoms with van der Waals surface area (Å²) in [6.07, 6.45) is 1.49. The molecule has 1 atom stereocenters. The number of carbonyl (C=O) groups is 2. The molecule has 0 fully saturated rings. The summed E-state index contributed by atoms with van der Waals surface area (Å²) < 4.78 is 25.0. The first-order chi connectivity index (χ1) is 7.83. The van der Waals surface area contributed by atoms with Crippen LogP contribution in [0.5, 0.6) is 0 Å². The van der Waals surface area contributed by atoms with Gasteiger partial charge in [0, 0.05) is 0 Å². The van der Waals surface area contributed by atoms with Gasteiger partial charge in [-0.15, -0.1) is 0 Å². The summed E-state index contributed by atoms with van der Waals surface area (Å²) in [5.74, 6) is -2.42. The van der Waals surface area contributed by atoms with Gasteiger partial charge >= 0.3 is 5.97 Å². The van der Waals surface area contributed by atoms with Crippen LogP contribution in [-0.4, -0.2) is 41.4 Å². The lowest BCUT2D eigenvalue weighted by Gasteiger charge is -2.11. The zero-order valence-electron chi connectivity index (χ0n) is 8.45. The Labute approximate surface area is 96.1 Å². The van der Waals surface area contributed by atoms with Crippen LogP contribution in [-0.2, 0) is 19.6 Å². The second-order valence-corrected chi connectivity index (χ2v) is 4.78. The van der Waals surface area contributed by atoms with Crippen molar-refractivity contribution in [3.8, 4) is 0 Å². The number of hydrogen-bond acceptors (Lipinski definition) is 5. The summed E-state index contributed by atoms with van der Waals surface area (Å²) in [6.45, 7) is 0. The van der Waals surface area contributed by atoms with E-state index in [9.17, 15) is 18.0 Å². The Hall–Kier alpha value is -1.94. The number of sulfonamides is 1. The zero-order chi connectivity index (χ0) is 13.1. The van der Waals surface area contributed by atoms with E-state index in [0.717, 1.165) is 12.5 Å². The Bertz CT molecular complexity index is 508. The largest absolute Gasteiger partial charge is 0.480 e. The second-order valence-electron chi connectivity index (χ2n) is 3.10. The maximum atomic E-state index is 11.6. The average Bonchev–Trinajstić information content (AvgIpc) is 2.68. The van der Waals surface area contributed by atoms with E-state index in [-0.39, 0.29) is 5.03 Å². The normalized spacial score (nSPS) is 13.2. The fraction of sp³-hybridized carbons (Fsp3) is 0.286. The van der Waals surface area contributed by atoms with E-state index in [1.165, 1.54) is 0 Å². The van der Waals surface area contributed by atoms with E-state index in [2.05, 4.69) is 9.97 Å². The van der Waals surface area contributed by atoms with Gasteiger partial charge in [0.05, 0.1) is 18.9 Å². The molecule has 9 nitrogen and oxygen atoms in total. The van der Waals surface area contributed by atoms with Crippen LogP contribution in [0.15, 0.2) is 17.6 Å². The number of imidazole rings is 1. The number of hydrogen-bond donors (Lipinski definition) is 4. The molecular weight excluding hydrogens is 252 g/mol. The lowest BCUT2D eigenvalue weighted by Crippen LogP contribution is -2.43. The molecule has 0 aliphatic carbocycles. The Kier molecular flexibility index (Phi) is 3.81. The topological polar surface area (TPSA) is 155 Å². The number of primary amides is 1. The van der Waals surface area contributed by atoms with Crippen molar-refractivity contribution in [2.24, 2.45) is 5.73 Å². The first kappa shape index (κ1) is 13.1. The Morgan fingerprint density at radius 3 is 2.65 bits per heavy atom. The van der Waals surface area contributed by atoms with E-state index in [0.29, 0.717) is 0 Å². The molecule has 1 amide bonds. The van der Waals surface area contributed by atoms with Gasteiger partial charge in [-0.3, -0.25) is 9.59 Å². The molecular formula is C7H10N4O5S. The fourth-order valence-corrected chi connectivity index (χ4v) is 2.11. The van der Waals surface area contributed by atoms with E-state index >= 15 is 0 Å². The number of carboxylic acid groups (broad SMARTS) is 1. The van der Waals surface area contributed by atoms with Crippen molar-refractivity contribution >= 4 is 21.9 Å². The van der Waals surface area contributed by atoms with Crippen molar-refractivity contribution in [1.29, 1.82) is 0 Å². The van der Waals surface area contributed by atoms with E-state index in [1.807, 2.05) is 4.72 Å². The molecule has 94 valence electrons. The molecule has 10 heteroatoms. The number of carbonyl (C=O) groups excluding carboxylic acids is 1. The number of H-pyrrole nitrogens is 1. The van der Waals surface area contributed by atoms with Crippen LogP contribution >= 0.6 is 0 Å². The Morgan fingerprint density at radius 2 is 2.24 bits per heavy atom. The number of aliphatic carboxylic acids is 1. The molecule has 1 rings (SSSR count). The maximum absolute atomic E-state index is 11.6. The molecule has 1 aromatic rings. The van der Waals surface area contributed by atoms with E-state index in [1.54, 1.807) is 0 Å². The monoisotopic (exact) mass is 262 g/mol. The SMILES string of the molecule is NC(=O)C[C@@H](NS(=O)(=O)c1cnc[nH]1)C(=O)O. The van der Waals surface area contributed by atoms with Gasteiger partial charge in [-0.25, -0.2) is 13.4 Å². The van der Waals surface area contributed by atoms with Crippen LogP contribution in [0.25, 0.3) is 0 Å². The molecule has 0 bridgehead atoms. The number of nitrogens with zero attached hydrogens (tertiary/aromatic N) is 1. The van der Waals surface area contributed by atoms with Crippen molar-refractivity contribution in [3.63, 3.8) is 0 Å². The highest BCUT2D eigenvalue weighted by Gasteiger charge is 2.27. The van der Waals surface area contributed by atoms with Gasteiger partial charge in [0.1, 0.15) is 6.04 Å². The lowest BCUT2D eigenvalue weighted by molar-refractivity contribution is -0.140. The number of aromatic nitrogens is 2. The molecule has 0 saturated carbocycles. The molecule has 0 saturated heterocycles. The minimum atomic E-state index is -4.06. The second kappa shape index (κ2) is 4.93. The maximum Gasteiger partial charge on any atom is 0.322 e. The van der Waals surface area contributed by atoms with Gasteiger partial charge in [0.25, 0.3) is 10.0 Å². The van der Waals surface area contributed by atoms with Gasteiger partial charge in [-0.05, 0) is 0 Å². The predicted molar refractivity (Wildman–Crippen MR) is 54.1 cm³/mol. The van der Waals surface area contributed by atoms with Crippen LogP contribution in [0.4, 0.5) is 0 Å². The summed E-state index contributed by atoms with van der Waals surface area (Å²) in [5.41, 5.74) is 4.81. The summed E-state index contributed by atoms with van der Waals surface area (Å²) in [6, 6.07) is -1.61. The number of nitrogens with two attached hydrogens (primary N) is 1. The van der Waals surface area contributed by atoms with Crippen molar-refractivity contribution in [3.05, 3.63) is 12.5 Å². The highest BCUT2D eigenvalue weighted by molar-refractivity contribution is 7.89. The summed E-state index contributed by atoms with van der Waals surface area (Å²) in [7, 11) is -4.06. The molecule has 0 unspecified atom stereocenters. The van der Waals surface area contributed by atoms with Gasteiger partial charge < -0.3 is 15.8 Å². The highest BCUT2D eigenvalue weighted by Crippen LogP contribution is 2.05. The molecule has 1 heterocycles. The third kappa shape index (κ3) is 3.53. The third-order valence-electron chi connectivity index (χ3n) is 1.76. The van der Waals surface area contributed by atoms with Crippen LogP contribution in [0, 0.1) is 0 Å². The zero-order valence-corrected chi connectivity index (χ0v) is 9.27. The molecule has 0 radical (unpaired) electrons. The molecule has 0 spiro atoms. The molecule has 0 aromatic carbocycles. The van der Waals surface area contributed by atoms with Gasteiger partial charge in [0.15, 0.2) is 5.03 Å². The standard InChI is InChI=1S/C7H10N4O5S/c8-5(12)1-4(7(13)14)11-17(15,16)6-2-9-3-10-6/h2-4,11H,1H2,(H2,8,12)(H,9,10)(H,13,14)/t4-/m1/s1. The smallest absolute Gasteiger partial charge is 0.322 e. The van der Waals surface area contributed by atoms with Crippen LogP contribution < -0.4 is 10.5 Å². The molecule has 0 aliphatic rings. The Balaban J connectivity index is 2.87. The summed E-state index contributed by atoms with van der Waals surface area (Å²) in [4.78, 5) is 27.1. The van der Waals surface area contributed by atoms with Crippen molar-refractivity contribution in [2.75, 3.05) is 0 Å². The lowest BCUT2D eigenvalue weighted by atomic mass is 10.2. The van der Waals surface area contributed by atoms with E-state index < -0.39 is 34.4 Å². The molecule has 5 N–H and O–H groups in total. The van der Waals surface area contributed by atoms with E-state index in [4.69, 9.17) is 10.8 Å². The fourth-order valence-electron chi connectivity index (χ4n) is 1.02. The van der Waals surface area contributed by atoms with Gasteiger partial charge in [0.2, 0.25) is 5.91 Å². The number of carboxylic acids is 1. The van der Waals surface area contributed by atoms with Crippen LogP contribution in [0.2, 0.25) is 0 Å². The molecule has 0 aliphatic heterocycles. The van der Waals surface area contributed by atoms with Crippen molar-refractivity contribution in [1.82, 2.24) is 14.7 Å². The van der Waals surface area contributed by atoms with Crippen molar-refractivity contribution < 1.29 is 23.1 Å². The number of nitrogens with one attached hydrogen (secondary N) is 2. The quantitative estimate of drug-likeness (QED) is 0.465. The number of rotatable bonds is 6. The Morgan fingerprint density at radius 1 is 1.59 bits per heavy atom. The van der Waals surface area contributed by atoms with Crippen LogP contribution in [0.3, 0.4) is 0 Å². The number of aromatic amines is 1. The minimum absolute atomic E-state index is 0.298. The van der Waals surface area contributed by atoms with Crippen LogP contribution in [0.1, 0.15) is 6.42 Å². The highest BCUT2D eigenvalue weighted by atomic mass is 32.2. The first-order valence-corrected chi connectivity index (χ1v) is 5.83.